The largest absolute Gasteiger partial charge is 0.495 e. The topological polar surface area (TPSA) is 34.2 Å². The first-order valence-electron chi connectivity index (χ1n) is 7.45. The third-order valence-electron chi connectivity index (χ3n) is 4.62. The summed E-state index contributed by atoms with van der Waals surface area (Å²) in [6.45, 7) is 2.31. The van der Waals surface area contributed by atoms with Gasteiger partial charge in [-0.15, -0.1) is 0 Å². The Morgan fingerprint density at radius 2 is 2.11 bits per heavy atom. The minimum atomic E-state index is 0.385. The van der Waals surface area contributed by atoms with Gasteiger partial charge in [0.25, 0.3) is 0 Å². The van der Waals surface area contributed by atoms with Crippen molar-refractivity contribution in [3.05, 3.63) is 24.0 Å². The molecule has 1 unspecified atom stereocenters. The summed E-state index contributed by atoms with van der Waals surface area (Å²) in [5.41, 5.74) is 1.25. The lowest BCUT2D eigenvalue weighted by molar-refractivity contribution is 0.221. The van der Waals surface area contributed by atoms with E-state index in [0.717, 1.165) is 11.7 Å². The molecule has 1 heterocycles. The number of rotatable bonds is 5. The van der Waals surface area contributed by atoms with E-state index in [-0.39, 0.29) is 0 Å². The lowest BCUT2D eigenvalue weighted by Crippen LogP contribution is -2.29. The quantitative estimate of drug-likeness (QED) is 0.881. The Hall–Kier alpha value is -1.09. The van der Waals surface area contributed by atoms with Crippen molar-refractivity contribution < 1.29 is 4.74 Å². The number of pyridine rings is 1. The van der Waals surface area contributed by atoms with Crippen molar-refractivity contribution in [3.8, 4) is 5.75 Å². The van der Waals surface area contributed by atoms with Crippen LogP contribution in [0.15, 0.2) is 18.5 Å². The lowest BCUT2D eigenvalue weighted by atomic mass is 9.76. The maximum Gasteiger partial charge on any atom is 0.141 e. The SMILES string of the molecule is CCC1CCC(C(NC)c2ccncc2OC)CC1. The molecule has 1 fully saturated rings. The summed E-state index contributed by atoms with van der Waals surface area (Å²) in [4.78, 5) is 4.15. The van der Waals surface area contributed by atoms with E-state index in [1.807, 2.05) is 12.4 Å². The van der Waals surface area contributed by atoms with Gasteiger partial charge in [-0.1, -0.05) is 26.2 Å². The van der Waals surface area contributed by atoms with Crippen molar-refractivity contribution >= 4 is 0 Å². The molecule has 1 aromatic rings. The predicted molar refractivity (Wildman–Crippen MR) is 78.3 cm³/mol. The highest BCUT2D eigenvalue weighted by molar-refractivity contribution is 5.33. The van der Waals surface area contributed by atoms with Crippen LogP contribution in [0.25, 0.3) is 0 Å². The van der Waals surface area contributed by atoms with E-state index >= 15 is 0 Å². The Morgan fingerprint density at radius 1 is 1.37 bits per heavy atom. The van der Waals surface area contributed by atoms with Crippen molar-refractivity contribution in [1.29, 1.82) is 0 Å². The predicted octanol–water partition coefficient (Wildman–Crippen LogP) is 3.57. The molecular weight excluding hydrogens is 236 g/mol. The Bertz CT molecular complexity index is 386. The number of ether oxygens (including phenoxy) is 1. The zero-order chi connectivity index (χ0) is 13.7. The lowest BCUT2D eigenvalue weighted by Gasteiger charge is -2.34. The van der Waals surface area contributed by atoms with Crippen molar-refractivity contribution in [2.75, 3.05) is 14.2 Å². The second-order valence-corrected chi connectivity index (χ2v) is 5.57. The Morgan fingerprint density at radius 3 is 2.68 bits per heavy atom. The first kappa shape index (κ1) is 14.3. The molecule has 3 nitrogen and oxygen atoms in total. The highest BCUT2D eigenvalue weighted by Crippen LogP contribution is 2.39. The normalized spacial score (nSPS) is 25.0. The van der Waals surface area contributed by atoms with Crippen LogP contribution in [0.1, 0.15) is 50.6 Å². The average Bonchev–Trinajstić information content (AvgIpc) is 2.49. The fraction of sp³-hybridized carbons (Fsp3) is 0.688. The van der Waals surface area contributed by atoms with Gasteiger partial charge in [0.1, 0.15) is 5.75 Å². The van der Waals surface area contributed by atoms with E-state index in [0.29, 0.717) is 12.0 Å². The Balaban J connectivity index is 2.12. The van der Waals surface area contributed by atoms with Crippen LogP contribution in [0.3, 0.4) is 0 Å². The number of nitrogens with one attached hydrogen (secondary N) is 1. The molecule has 3 heteroatoms. The van der Waals surface area contributed by atoms with Gasteiger partial charge < -0.3 is 10.1 Å². The van der Waals surface area contributed by atoms with Gasteiger partial charge in [0.2, 0.25) is 0 Å². The minimum absolute atomic E-state index is 0.385. The maximum absolute atomic E-state index is 5.46. The highest BCUT2D eigenvalue weighted by Gasteiger charge is 2.28. The summed E-state index contributed by atoms with van der Waals surface area (Å²) in [6.07, 6.45) is 10.4. The van der Waals surface area contributed by atoms with Gasteiger partial charge in [0.15, 0.2) is 0 Å². The van der Waals surface area contributed by atoms with E-state index in [4.69, 9.17) is 4.74 Å². The van der Waals surface area contributed by atoms with Crippen molar-refractivity contribution in [1.82, 2.24) is 10.3 Å². The summed E-state index contributed by atoms with van der Waals surface area (Å²) < 4.78 is 5.46. The van der Waals surface area contributed by atoms with Crippen molar-refractivity contribution in [2.24, 2.45) is 11.8 Å². The molecule has 0 aliphatic heterocycles. The first-order valence-corrected chi connectivity index (χ1v) is 7.45. The number of methoxy groups -OCH3 is 1. The summed E-state index contributed by atoms with van der Waals surface area (Å²) in [7, 11) is 3.78. The standard InChI is InChI=1S/C16H26N2O/c1-4-12-5-7-13(8-6-12)16(17-2)14-9-10-18-11-15(14)19-3/h9-13,16-17H,4-8H2,1-3H3. The second-order valence-electron chi connectivity index (χ2n) is 5.57. The zero-order valence-corrected chi connectivity index (χ0v) is 12.4. The van der Waals surface area contributed by atoms with E-state index < -0.39 is 0 Å². The van der Waals surface area contributed by atoms with Gasteiger partial charge in [0.05, 0.1) is 13.3 Å². The monoisotopic (exact) mass is 262 g/mol. The second kappa shape index (κ2) is 6.90. The van der Waals surface area contributed by atoms with Crippen LogP contribution in [0, 0.1) is 11.8 Å². The smallest absolute Gasteiger partial charge is 0.141 e. The molecule has 0 radical (unpaired) electrons. The van der Waals surface area contributed by atoms with E-state index in [9.17, 15) is 0 Å². The number of hydrogen-bond acceptors (Lipinski definition) is 3. The van der Waals surface area contributed by atoms with Gasteiger partial charge in [-0.2, -0.15) is 0 Å². The Labute approximate surface area is 116 Å². The van der Waals surface area contributed by atoms with E-state index in [1.54, 1.807) is 7.11 Å². The summed E-state index contributed by atoms with van der Waals surface area (Å²) >= 11 is 0. The minimum Gasteiger partial charge on any atom is -0.495 e. The van der Waals surface area contributed by atoms with Crippen LogP contribution in [-0.2, 0) is 0 Å². The molecule has 0 spiro atoms. The molecule has 0 saturated heterocycles. The molecule has 1 atom stereocenters. The molecule has 1 aliphatic carbocycles. The molecule has 2 rings (SSSR count). The highest BCUT2D eigenvalue weighted by atomic mass is 16.5. The molecule has 0 aromatic carbocycles. The van der Waals surface area contributed by atoms with Crippen LogP contribution in [-0.4, -0.2) is 19.1 Å². The summed E-state index contributed by atoms with van der Waals surface area (Å²) in [6, 6.07) is 2.47. The molecule has 1 saturated carbocycles. The third kappa shape index (κ3) is 3.27. The van der Waals surface area contributed by atoms with Gasteiger partial charge >= 0.3 is 0 Å². The van der Waals surface area contributed by atoms with Crippen molar-refractivity contribution in [2.45, 2.75) is 45.1 Å². The van der Waals surface area contributed by atoms with Crippen LogP contribution < -0.4 is 10.1 Å². The van der Waals surface area contributed by atoms with E-state index in [1.165, 1.54) is 37.7 Å². The van der Waals surface area contributed by atoms with E-state index in [2.05, 4.69) is 30.3 Å². The fourth-order valence-corrected chi connectivity index (χ4v) is 3.39. The zero-order valence-electron chi connectivity index (χ0n) is 12.4. The van der Waals surface area contributed by atoms with Gasteiger partial charge in [-0.25, -0.2) is 0 Å². The fourth-order valence-electron chi connectivity index (χ4n) is 3.39. The summed E-state index contributed by atoms with van der Waals surface area (Å²) in [5.74, 6) is 2.55. The molecule has 1 aliphatic rings. The average molecular weight is 262 g/mol. The van der Waals surface area contributed by atoms with Gasteiger partial charge in [0, 0.05) is 17.8 Å². The summed E-state index contributed by atoms with van der Waals surface area (Å²) in [5, 5.41) is 3.49. The van der Waals surface area contributed by atoms with Gasteiger partial charge in [-0.3, -0.25) is 4.98 Å². The molecule has 1 aromatic heterocycles. The number of hydrogen-bond donors (Lipinski definition) is 1. The molecule has 0 bridgehead atoms. The molecule has 106 valence electrons. The molecule has 0 amide bonds. The van der Waals surface area contributed by atoms with Gasteiger partial charge in [-0.05, 0) is 37.8 Å². The maximum atomic E-state index is 5.46. The molecular formula is C16H26N2O. The third-order valence-corrected chi connectivity index (χ3v) is 4.62. The van der Waals surface area contributed by atoms with Crippen LogP contribution in [0.2, 0.25) is 0 Å². The van der Waals surface area contributed by atoms with Crippen LogP contribution >= 0.6 is 0 Å². The van der Waals surface area contributed by atoms with Crippen molar-refractivity contribution in [3.63, 3.8) is 0 Å². The van der Waals surface area contributed by atoms with Crippen LogP contribution in [0.5, 0.6) is 5.75 Å². The number of nitrogens with zero attached hydrogens (tertiary/aromatic N) is 1. The van der Waals surface area contributed by atoms with Crippen LogP contribution in [0.4, 0.5) is 0 Å². The molecule has 1 N–H and O–H groups in total. The first-order chi connectivity index (χ1) is 9.30. The molecule has 19 heavy (non-hydrogen) atoms. The Kier molecular flexibility index (Phi) is 5.20. The number of aromatic nitrogens is 1.